The first-order chi connectivity index (χ1) is 15.5. The zero-order chi connectivity index (χ0) is 24.0. The van der Waals surface area contributed by atoms with Crippen molar-refractivity contribution in [3.05, 3.63) is 63.9 Å². The van der Waals surface area contributed by atoms with Crippen molar-refractivity contribution in [2.75, 3.05) is 6.61 Å². The van der Waals surface area contributed by atoms with Crippen LogP contribution in [0.25, 0.3) is 16.7 Å². The summed E-state index contributed by atoms with van der Waals surface area (Å²) in [7, 11) is 0. The minimum absolute atomic E-state index is 0.0405. The van der Waals surface area contributed by atoms with Gasteiger partial charge in [0.1, 0.15) is 12.4 Å². The fourth-order valence-corrected chi connectivity index (χ4v) is 5.04. The number of nitrogens with one attached hydrogen (secondary N) is 1. The molecule has 1 saturated carbocycles. The first kappa shape index (κ1) is 23.6. The highest BCUT2D eigenvalue weighted by Gasteiger charge is 2.48. The quantitative estimate of drug-likeness (QED) is 0.542. The molecule has 0 aromatic heterocycles. The molecule has 0 atom stereocenters. The van der Waals surface area contributed by atoms with Crippen LogP contribution in [-0.2, 0) is 9.53 Å². The maximum absolute atomic E-state index is 13.1. The molecule has 1 heterocycles. The van der Waals surface area contributed by atoms with Crippen molar-refractivity contribution in [1.82, 2.24) is 5.32 Å². The van der Waals surface area contributed by atoms with E-state index >= 15 is 0 Å². The first-order valence-corrected chi connectivity index (χ1v) is 11.2. The number of hydrogen-bond donors (Lipinski definition) is 2. The van der Waals surface area contributed by atoms with Crippen LogP contribution < -0.4 is 5.32 Å². The average molecular weight is 480 g/mol. The van der Waals surface area contributed by atoms with Crippen molar-refractivity contribution >= 4 is 23.1 Å². The number of ether oxygens (including phenoxy) is 1. The summed E-state index contributed by atoms with van der Waals surface area (Å²) in [5.74, 6) is -0.414. The molecule has 33 heavy (non-hydrogen) atoms. The number of carbonyl (C=O) groups excluding carboxylic acids is 1. The van der Waals surface area contributed by atoms with Crippen molar-refractivity contribution in [3.63, 3.8) is 0 Å². The summed E-state index contributed by atoms with van der Waals surface area (Å²) in [4.78, 5) is 13.1. The number of rotatable bonds is 4. The largest absolute Gasteiger partial charge is 0.509 e. The lowest BCUT2D eigenvalue weighted by Crippen LogP contribution is -2.48. The van der Waals surface area contributed by atoms with Gasteiger partial charge in [-0.05, 0) is 79.5 Å². The fraction of sp³-hybridized carbons (Fsp3) is 0.400. The molecule has 1 fully saturated rings. The Labute approximate surface area is 195 Å². The van der Waals surface area contributed by atoms with E-state index in [-0.39, 0.29) is 17.2 Å². The third-order valence-electron chi connectivity index (χ3n) is 6.62. The predicted molar refractivity (Wildman–Crippen MR) is 121 cm³/mol. The van der Waals surface area contributed by atoms with Crippen molar-refractivity contribution in [3.8, 4) is 11.1 Å². The van der Waals surface area contributed by atoms with Gasteiger partial charge in [-0.2, -0.15) is 13.2 Å². The van der Waals surface area contributed by atoms with Gasteiger partial charge in [0.15, 0.2) is 0 Å². The van der Waals surface area contributed by atoms with Crippen LogP contribution in [0.2, 0.25) is 5.02 Å². The number of aliphatic hydroxyl groups excluding tert-OH is 1. The molecule has 0 unspecified atom stereocenters. The smallest absolute Gasteiger partial charge is 0.411 e. The Morgan fingerprint density at radius 1 is 1.12 bits per heavy atom. The Kier molecular flexibility index (Phi) is 6.22. The summed E-state index contributed by atoms with van der Waals surface area (Å²) in [6.07, 6.45) is -3.68. The van der Waals surface area contributed by atoms with E-state index in [2.05, 4.69) is 5.32 Å². The minimum atomic E-state index is -4.38. The van der Waals surface area contributed by atoms with E-state index in [1.807, 2.05) is 38.1 Å². The van der Waals surface area contributed by atoms with Crippen molar-refractivity contribution < 1.29 is 27.8 Å². The predicted octanol–water partition coefficient (Wildman–Crippen LogP) is 6.28. The first-order valence-electron chi connectivity index (χ1n) is 10.8. The van der Waals surface area contributed by atoms with Crippen LogP contribution in [0.3, 0.4) is 0 Å². The number of halogens is 4. The SMILES string of the molecule is Cc1ccc(-c2ccc(Cl)cc2)c(C)c1C1=C(O)[C@]2(CC[C@H](OCC(F)(F)F)CC2)NC1=O. The van der Waals surface area contributed by atoms with E-state index in [0.717, 1.165) is 22.3 Å². The van der Waals surface area contributed by atoms with Gasteiger partial charge in [-0.1, -0.05) is 35.9 Å². The molecule has 0 bridgehead atoms. The van der Waals surface area contributed by atoms with Crippen LogP contribution in [0.15, 0.2) is 42.2 Å². The summed E-state index contributed by atoms with van der Waals surface area (Å²) in [5, 5.41) is 14.8. The molecule has 1 amide bonds. The van der Waals surface area contributed by atoms with E-state index in [9.17, 15) is 23.1 Å². The number of benzene rings is 2. The Morgan fingerprint density at radius 2 is 1.76 bits per heavy atom. The van der Waals surface area contributed by atoms with Crippen LogP contribution in [0.5, 0.6) is 0 Å². The monoisotopic (exact) mass is 479 g/mol. The second-order valence-corrected chi connectivity index (χ2v) is 9.26. The van der Waals surface area contributed by atoms with Gasteiger partial charge < -0.3 is 15.2 Å². The highest BCUT2D eigenvalue weighted by Crippen LogP contribution is 2.44. The zero-order valence-corrected chi connectivity index (χ0v) is 19.1. The number of aliphatic hydroxyl groups is 1. The fourth-order valence-electron chi connectivity index (χ4n) is 4.92. The Bertz CT molecular complexity index is 1100. The Balaban J connectivity index is 1.65. The zero-order valence-electron chi connectivity index (χ0n) is 18.4. The summed E-state index contributed by atoms with van der Waals surface area (Å²) in [6.45, 7) is 2.50. The third kappa shape index (κ3) is 4.62. The summed E-state index contributed by atoms with van der Waals surface area (Å²) in [6, 6.07) is 11.3. The second-order valence-electron chi connectivity index (χ2n) is 8.82. The molecular formula is C25H25ClF3NO3. The highest BCUT2D eigenvalue weighted by molar-refractivity contribution is 6.30. The van der Waals surface area contributed by atoms with Gasteiger partial charge in [-0.25, -0.2) is 0 Å². The molecule has 8 heteroatoms. The second kappa shape index (κ2) is 8.69. The number of hydrogen-bond acceptors (Lipinski definition) is 3. The van der Waals surface area contributed by atoms with E-state index in [0.29, 0.717) is 36.3 Å². The van der Waals surface area contributed by atoms with E-state index in [1.165, 1.54) is 0 Å². The van der Waals surface area contributed by atoms with Gasteiger partial charge in [0.25, 0.3) is 5.91 Å². The third-order valence-corrected chi connectivity index (χ3v) is 6.87. The molecule has 2 aromatic carbocycles. The molecule has 4 rings (SSSR count). The highest BCUT2D eigenvalue weighted by atomic mass is 35.5. The standard InChI is InChI=1S/C25H25ClF3NO3/c1-14-3-8-19(16-4-6-17(26)7-5-16)15(2)20(14)21-22(31)24(30-23(21)32)11-9-18(10-12-24)33-13-25(27,28)29/h3-8,18,31H,9-13H2,1-2H3,(H,30,32)/t18-,24+. The number of alkyl halides is 3. The molecule has 0 saturated heterocycles. The normalized spacial score (nSPS) is 23.3. The van der Waals surface area contributed by atoms with E-state index in [1.54, 1.807) is 12.1 Å². The molecule has 4 nitrogen and oxygen atoms in total. The van der Waals surface area contributed by atoms with Gasteiger partial charge in [0.05, 0.1) is 17.2 Å². The van der Waals surface area contributed by atoms with E-state index in [4.69, 9.17) is 16.3 Å². The average Bonchev–Trinajstić information content (AvgIpc) is 2.98. The maximum atomic E-state index is 13.1. The molecule has 2 aromatic rings. The number of amides is 1. The summed E-state index contributed by atoms with van der Waals surface area (Å²) >= 11 is 6.01. The van der Waals surface area contributed by atoms with Crippen LogP contribution in [0.4, 0.5) is 13.2 Å². The van der Waals surface area contributed by atoms with Crippen LogP contribution >= 0.6 is 11.6 Å². The molecule has 0 radical (unpaired) electrons. The van der Waals surface area contributed by atoms with Gasteiger partial charge in [0, 0.05) is 5.02 Å². The van der Waals surface area contributed by atoms with Crippen molar-refractivity contribution in [1.29, 1.82) is 0 Å². The minimum Gasteiger partial charge on any atom is -0.509 e. The summed E-state index contributed by atoms with van der Waals surface area (Å²) < 4.78 is 42.4. The number of aryl methyl sites for hydroxylation is 1. The Morgan fingerprint density at radius 3 is 2.36 bits per heavy atom. The van der Waals surface area contributed by atoms with Crippen molar-refractivity contribution in [2.45, 2.75) is 57.3 Å². The van der Waals surface area contributed by atoms with Crippen LogP contribution in [-0.4, -0.2) is 35.4 Å². The van der Waals surface area contributed by atoms with Gasteiger partial charge in [-0.3, -0.25) is 4.79 Å². The molecular weight excluding hydrogens is 455 g/mol. The van der Waals surface area contributed by atoms with Gasteiger partial charge in [-0.15, -0.1) is 0 Å². The molecule has 2 aliphatic rings. The lowest BCUT2D eigenvalue weighted by Gasteiger charge is -2.37. The topological polar surface area (TPSA) is 58.6 Å². The molecule has 1 spiro atoms. The maximum Gasteiger partial charge on any atom is 0.411 e. The molecule has 1 aliphatic heterocycles. The molecule has 1 aliphatic carbocycles. The van der Waals surface area contributed by atoms with Crippen LogP contribution in [0, 0.1) is 13.8 Å². The lowest BCUT2D eigenvalue weighted by molar-refractivity contribution is -0.188. The molecule has 2 N–H and O–H groups in total. The molecule has 176 valence electrons. The van der Waals surface area contributed by atoms with E-state index < -0.39 is 24.4 Å². The van der Waals surface area contributed by atoms with Crippen molar-refractivity contribution in [2.24, 2.45) is 0 Å². The lowest BCUT2D eigenvalue weighted by atomic mass is 9.78. The Hall–Kier alpha value is -2.51. The summed E-state index contributed by atoms with van der Waals surface area (Å²) in [5.41, 5.74) is 3.49. The van der Waals surface area contributed by atoms with Crippen LogP contribution in [0.1, 0.15) is 42.4 Å². The van der Waals surface area contributed by atoms with Gasteiger partial charge >= 0.3 is 6.18 Å². The van der Waals surface area contributed by atoms with Gasteiger partial charge in [0.2, 0.25) is 0 Å². The number of carbonyl (C=O) groups is 1.